The van der Waals surface area contributed by atoms with E-state index in [1.54, 1.807) is 6.20 Å². The molecular formula is C12H16N6. The molecule has 18 heavy (non-hydrogen) atoms. The molecule has 0 amide bonds. The van der Waals surface area contributed by atoms with Gasteiger partial charge in [0.05, 0.1) is 0 Å². The summed E-state index contributed by atoms with van der Waals surface area (Å²) in [4.78, 5) is 10.9. The van der Waals surface area contributed by atoms with Crippen LogP contribution in [0.3, 0.4) is 0 Å². The molecule has 0 unspecified atom stereocenters. The topological polar surface area (TPSA) is 83.7 Å². The third kappa shape index (κ3) is 2.19. The Morgan fingerprint density at radius 3 is 2.83 bits per heavy atom. The lowest BCUT2D eigenvalue weighted by molar-refractivity contribution is 0.496. The van der Waals surface area contributed by atoms with E-state index in [1.165, 1.54) is 0 Å². The van der Waals surface area contributed by atoms with Gasteiger partial charge in [0, 0.05) is 25.3 Å². The van der Waals surface area contributed by atoms with Crippen molar-refractivity contribution in [1.82, 2.24) is 20.2 Å². The third-order valence-corrected chi connectivity index (χ3v) is 3.20. The first kappa shape index (κ1) is 11.2. The summed E-state index contributed by atoms with van der Waals surface area (Å²) in [6, 6.07) is 6.05. The summed E-state index contributed by atoms with van der Waals surface area (Å²) in [5.41, 5.74) is 6.70. The zero-order valence-corrected chi connectivity index (χ0v) is 10.1. The molecule has 1 aliphatic rings. The van der Waals surface area contributed by atoms with E-state index in [0.717, 1.165) is 37.6 Å². The number of nitrogens with two attached hydrogens (primary N) is 1. The average Bonchev–Trinajstić information content (AvgIpc) is 2.90. The second-order valence-electron chi connectivity index (χ2n) is 4.52. The molecule has 1 aliphatic heterocycles. The van der Waals surface area contributed by atoms with Crippen molar-refractivity contribution in [2.45, 2.75) is 18.9 Å². The maximum Gasteiger partial charge on any atom is 0.245 e. The van der Waals surface area contributed by atoms with E-state index < -0.39 is 0 Å². The van der Waals surface area contributed by atoms with Gasteiger partial charge in [0.1, 0.15) is 5.69 Å². The number of anilines is 1. The quantitative estimate of drug-likeness (QED) is 0.816. The molecule has 1 saturated heterocycles. The van der Waals surface area contributed by atoms with Crippen molar-refractivity contribution < 1.29 is 0 Å². The molecule has 3 heterocycles. The molecule has 0 saturated carbocycles. The van der Waals surface area contributed by atoms with Gasteiger partial charge in [-0.2, -0.15) is 4.98 Å². The maximum atomic E-state index is 5.89. The van der Waals surface area contributed by atoms with Crippen molar-refractivity contribution in [3.63, 3.8) is 0 Å². The Kier molecular flexibility index (Phi) is 2.93. The molecule has 2 aromatic heterocycles. The van der Waals surface area contributed by atoms with Crippen LogP contribution in [0.2, 0.25) is 0 Å². The average molecular weight is 244 g/mol. The van der Waals surface area contributed by atoms with Crippen LogP contribution in [0.5, 0.6) is 0 Å². The summed E-state index contributed by atoms with van der Waals surface area (Å²) in [6.45, 7) is 1.83. The lowest BCUT2D eigenvalue weighted by Crippen LogP contribution is -2.40. The zero-order valence-electron chi connectivity index (χ0n) is 10.1. The van der Waals surface area contributed by atoms with Crippen molar-refractivity contribution in [2.24, 2.45) is 5.73 Å². The Morgan fingerprint density at radius 2 is 2.11 bits per heavy atom. The van der Waals surface area contributed by atoms with Crippen LogP contribution in [0.4, 0.5) is 5.95 Å². The molecule has 2 aromatic rings. The first-order valence-corrected chi connectivity index (χ1v) is 6.17. The molecule has 6 nitrogen and oxygen atoms in total. The van der Waals surface area contributed by atoms with Crippen LogP contribution >= 0.6 is 0 Å². The van der Waals surface area contributed by atoms with E-state index in [4.69, 9.17) is 5.73 Å². The number of aromatic amines is 1. The fraction of sp³-hybridized carbons (Fsp3) is 0.417. The summed E-state index contributed by atoms with van der Waals surface area (Å²) in [6.07, 6.45) is 3.73. The predicted octanol–water partition coefficient (Wildman–Crippen LogP) is 0.794. The number of rotatable bonds is 2. The fourth-order valence-electron chi connectivity index (χ4n) is 2.11. The largest absolute Gasteiger partial charge is 0.339 e. The first-order chi connectivity index (χ1) is 8.83. The van der Waals surface area contributed by atoms with Crippen LogP contribution in [0.15, 0.2) is 24.4 Å². The summed E-state index contributed by atoms with van der Waals surface area (Å²) < 4.78 is 0. The summed E-state index contributed by atoms with van der Waals surface area (Å²) in [7, 11) is 0. The second-order valence-corrected chi connectivity index (χ2v) is 4.52. The molecule has 6 heteroatoms. The van der Waals surface area contributed by atoms with Gasteiger partial charge in [0.2, 0.25) is 5.95 Å². The Hall–Kier alpha value is -1.95. The lowest BCUT2D eigenvalue weighted by Gasteiger charge is -2.28. The number of hydrogen-bond donors (Lipinski definition) is 2. The number of H-pyrrole nitrogens is 1. The van der Waals surface area contributed by atoms with Gasteiger partial charge in [0.25, 0.3) is 0 Å². The Bertz CT molecular complexity index is 500. The van der Waals surface area contributed by atoms with E-state index in [1.807, 2.05) is 18.2 Å². The van der Waals surface area contributed by atoms with E-state index in [2.05, 4.69) is 25.1 Å². The first-order valence-electron chi connectivity index (χ1n) is 6.17. The molecule has 0 atom stereocenters. The Labute approximate surface area is 105 Å². The van der Waals surface area contributed by atoms with Gasteiger partial charge in [-0.1, -0.05) is 6.07 Å². The molecule has 0 spiro atoms. The highest BCUT2D eigenvalue weighted by atomic mass is 15.4. The van der Waals surface area contributed by atoms with Crippen LogP contribution in [0, 0.1) is 0 Å². The van der Waals surface area contributed by atoms with Crippen LogP contribution in [0.25, 0.3) is 11.5 Å². The number of nitrogens with one attached hydrogen (secondary N) is 1. The van der Waals surface area contributed by atoms with Gasteiger partial charge in [-0.15, -0.1) is 5.10 Å². The van der Waals surface area contributed by atoms with Crippen LogP contribution in [0.1, 0.15) is 12.8 Å². The highest BCUT2D eigenvalue weighted by molar-refractivity contribution is 5.50. The van der Waals surface area contributed by atoms with E-state index in [9.17, 15) is 0 Å². The minimum atomic E-state index is 0.315. The predicted molar refractivity (Wildman–Crippen MR) is 69.0 cm³/mol. The van der Waals surface area contributed by atoms with Crippen molar-refractivity contribution in [1.29, 1.82) is 0 Å². The van der Waals surface area contributed by atoms with E-state index in [0.29, 0.717) is 11.9 Å². The van der Waals surface area contributed by atoms with Gasteiger partial charge >= 0.3 is 0 Å². The molecule has 1 fully saturated rings. The monoisotopic (exact) mass is 244 g/mol. The second kappa shape index (κ2) is 4.73. The minimum absolute atomic E-state index is 0.315. The zero-order chi connectivity index (χ0) is 12.4. The maximum absolute atomic E-state index is 5.89. The number of nitrogens with zero attached hydrogens (tertiary/aromatic N) is 4. The summed E-state index contributed by atoms with van der Waals surface area (Å²) in [5, 5.41) is 7.18. The number of aromatic nitrogens is 4. The van der Waals surface area contributed by atoms with Crippen LogP contribution < -0.4 is 10.6 Å². The van der Waals surface area contributed by atoms with Gasteiger partial charge < -0.3 is 10.6 Å². The van der Waals surface area contributed by atoms with Crippen molar-refractivity contribution >= 4 is 5.95 Å². The van der Waals surface area contributed by atoms with Crippen molar-refractivity contribution in [2.75, 3.05) is 18.0 Å². The van der Waals surface area contributed by atoms with Gasteiger partial charge in [-0.05, 0) is 25.0 Å². The summed E-state index contributed by atoms with van der Waals surface area (Å²) in [5.74, 6) is 1.45. The molecule has 0 radical (unpaired) electrons. The molecule has 0 bridgehead atoms. The lowest BCUT2D eigenvalue weighted by atomic mass is 10.1. The number of piperidine rings is 1. The van der Waals surface area contributed by atoms with Crippen LogP contribution in [-0.2, 0) is 0 Å². The van der Waals surface area contributed by atoms with Gasteiger partial charge in [-0.25, -0.2) is 0 Å². The fourth-order valence-corrected chi connectivity index (χ4v) is 2.11. The Morgan fingerprint density at radius 1 is 1.28 bits per heavy atom. The molecule has 0 aliphatic carbocycles. The van der Waals surface area contributed by atoms with Crippen LogP contribution in [-0.4, -0.2) is 39.3 Å². The van der Waals surface area contributed by atoms with Crippen molar-refractivity contribution in [3.05, 3.63) is 24.4 Å². The highest BCUT2D eigenvalue weighted by Gasteiger charge is 2.19. The Balaban J connectivity index is 1.78. The smallest absolute Gasteiger partial charge is 0.245 e. The highest BCUT2D eigenvalue weighted by Crippen LogP contribution is 2.18. The number of pyridine rings is 1. The molecule has 3 N–H and O–H groups in total. The molecule has 94 valence electrons. The normalized spacial score (nSPS) is 17.1. The molecule has 3 rings (SSSR count). The van der Waals surface area contributed by atoms with E-state index >= 15 is 0 Å². The van der Waals surface area contributed by atoms with E-state index in [-0.39, 0.29) is 0 Å². The summed E-state index contributed by atoms with van der Waals surface area (Å²) >= 11 is 0. The molecular weight excluding hydrogens is 228 g/mol. The minimum Gasteiger partial charge on any atom is -0.339 e. The third-order valence-electron chi connectivity index (χ3n) is 3.20. The molecule has 0 aromatic carbocycles. The van der Waals surface area contributed by atoms with Gasteiger partial charge in [0.15, 0.2) is 5.82 Å². The standard InChI is InChI=1S/C12H16N6/c13-9-4-7-18(8-5-9)12-15-11(16-17-12)10-3-1-2-6-14-10/h1-3,6,9H,4-5,7-8,13H2,(H,15,16,17). The van der Waals surface area contributed by atoms with Gasteiger partial charge in [-0.3, -0.25) is 10.1 Å². The van der Waals surface area contributed by atoms with Crippen molar-refractivity contribution in [3.8, 4) is 11.5 Å². The number of hydrogen-bond acceptors (Lipinski definition) is 5. The SMILES string of the molecule is NC1CCN(c2n[nH]c(-c3ccccn3)n2)CC1.